The highest BCUT2D eigenvalue weighted by molar-refractivity contribution is 5.94. The molecule has 1 aromatic carbocycles. The molecule has 0 aliphatic carbocycles. The van der Waals surface area contributed by atoms with E-state index in [4.69, 9.17) is 9.47 Å². The highest BCUT2D eigenvalue weighted by Gasteiger charge is 2.36. The SMILES string of the molecule is COc1ccc(-c2ccc(C(=O)N(C)[C@H]3CCN(C(=O)N4CC[C@@H](NC5CCOCC5)C4)C3)cc2)cn1. The Labute approximate surface area is 218 Å². The monoisotopic (exact) mass is 507 g/mol. The second-order valence-electron chi connectivity index (χ2n) is 10.2. The molecule has 3 aliphatic heterocycles. The molecule has 5 rings (SSSR count). The first-order valence-electron chi connectivity index (χ1n) is 13.3. The zero-order chi connectivity index (χ0) is 25.8. The molecule has 0 unspecified atom stereocenters. The average Bonchev–Trinajstić information content (AvgIpc) is 3.63. The van der Waals surface area contributed by atoms with Gasteiger partial charge in [0.2, 0.25) is 5.88 Å². The van der Waals surface area contributed by atoms with Crippen LogP contribution in [0.15, 0.2) is 42.6 Å². The molecule has 0 radical (unpaired) electrons. The van der Waals surface area contributed by atoms with Gasteiger partial charge in [-0.05, 0) is 49.4 Å². The predicted molar refractivity (Wildman–Crippen MR) is 141 cm³/mol. The number of methoxy groups -OCH3 is 1. The number of urea groups is 1. The van der Waals surface area contributed by atoms with Gasteiger partial charge < -0.3 is 29.5 Å². The highest BCUT2D eigenvalue weighted by atomic mass is 16.5. The Hall–Kier alpha value is -3.17. The van der Waals surface area contributed by atoms with E-state index in [1.165, 1.54) is 0 Å². The number of carbonyl (C=O) groups is 2. The number of likely N-dealkylation sites (tertiary alicyclic amines) is 2. The van der Waals surface area contributed by atoms with Gasteiger partial charge in [-0.15, -0.1) is 0 Å². The van der Waals surface area contributed by atoms with Crippen molar-refractivity contribution in [2.45, 2.75) is 43.8 Å². The number of ether oxygens (including phenoxy) is 2. The van der Waals surface area contributed by atoms with Gasteiger partial charge in [0, 0.05) is 81.9 Å². The number of likely N-dealkylation sites (N-methyl/N-ethyl adjacent to an activating group) is 1. The van der Waals surface area contributed by atoms with Crippen molar-refractivity contribution in [1.82, 2.24) is 25.0 Å². The van der Waals surface area contributed by atoms with Crippen molar-refractivity contribution in [2.24, 2.45) is 0 Å². The summed E-state index contributed by atoms with van der Waals surface area (Å²) in [6, 6.07) is 12.3. The van der Waals surface area contributed by atoms with Crippen LogP contribution in [0.3, 0.4) is 0 Å². The molecule has 3 amide bonds. The van der Waals surface area contributed by atoms with Crippen LogP contribution in [0.2, 0.25) is 0 Å². The van der Waals surface area contributed by atoms with Gasteiger partial charge in [-0.3, -0.25) is 4.79 Å². The van der Waals surface area contributed by atoms with Crippen molar-refractivity contribution in [2.75, 3.05) is 53.6 Å². The van der Waals surface area contributed by atoms with Crippen LogP contribution in [0, 0.1) is 0 Å². The van der Waals surface area contributed by atoms with Crippen LogP contribution in [-0.2, 0) is 4.74 Å². The minimum Gasteiger partial charge on any atom is -0.481 e. The number of rotatable bonds is 6. The molecule has 2 aromatic rings. The molecule has 3 aliphatic rings. The predicted octanol–water partition coefficient (Wildman–Crippen LogP) is 2.87. The Kier molecular flexibility index (Phi) is 7.90. The molecule has 9 nitrogen and oxygen atoms in total. The zero-order valence-electron chi connectivity index (χ0n) is 21.8. The minimum absolute atomic E-state index is 0.0145. The third-order valence-corrected chi connectivity index (χ3v) is 7.86. The molecule has 198 valence electrons. The number of hydrogen-bond acceptors (Lipinski definition) is 6. The second-order valence-corrected chi connectivity index (χ2v) is 10.2. The summed E-state index contributed by atoms with van der Waals surface area (Å²) in [5, 5.41) is 3.72. The standard InChI is InChI=1S/C28H37N5O4/c1-31(27(34)21-5-3-20(4-6-21)22-7-8-26(36-2)29-17-22)25-10-14-33(19-25)28(35)32-13-9-24(18-32)30-23-11-15-37-16-12-23/h3-8,17,23-25,30H,9-16,18-19H2,1-2H3/t24-,25+/m1/s1. The van der Waals surface area contributed by atoms with E-state index in [1.807, 2.05) is 53.2 Å². The maximum absolute atomic E-state index is 13.2. The highest BCUT2D eigenvalue weighted by Crippen LogP contribution is 2.24. The summed E-state index contributed by atoms with van der Waals surface area (Å²) in [5.74, 6) is 0.540. The lowest BCUT2D eigenvalue weighted by Gasteiger charge is -2.28. The van der Waals surface area contributed by atoms with Crippen molar-refractivity contribution >= 4 is 11.9 Å². The normalized spacial score (nSPS) is 22.3. The van der Waals surface area contributed by atoms with Crippen molar-refractivity contribution in [3.8, 4) is 17.0 Å². The fourth-order valence-electron chi connectivity index (χ4n) is 5.55. The second kappa shape index (κ2) is 11.5. The molecular weight excluding hydrogens is 470 g/mol. The summed E-state index contributed by atoms with van der Waals surface area (Å²) in [6.07, 6.45) is 5.62. The Bertz CT molecular complexity index is 1070. The molecule has 3 fully saturated rings. The molecule has 1 aromatic heterocycles. The first-order valence-corrected chi connectivity index (χ1v) is 13.3. The van der Waals surface area contributed by atoms with Crippen LogP contribution in [0.1, 0.15) is 36.0 Å². The fourth-order valence-corrected chi connectivity index (χ4v) is 5.55. The zero-order valence-corrected chi connectivity index (χ0v) is 21.8. The number of nitrogens with zero attached hydrogens (tertiary/aromatic N) is 4. The van der Waals surface area contributed by atoms with Gasteiger partial charge in [0.25, 0.3) is 5.91 Å². The van der Waals surface area contributed by atoms with Gasteiger partial charge in [-0.1, -0.05) is 12.1 Å². The van der Waals surface area contributed by atoms with Gasteiger partial charge in [-0.2, -0.15) is 0 Å². The summed E-state index contributed by atoms with van der Waals surface area (Å²) in [4.78, 5) is 36.3. The first-order chi connectivity index (χ1) is 18.0. The van der Waals surface area contributed by atoms with Crippen LogP contribution >= 0.6 is 0 Å². The topological polar surface area (TPSA) is 87.2 Å². The lowest BCUT2D eigenvalue weighted by atomic mass is 10.0. The molecule has 0 bridgehead atoms. The fraction of sp³-hybridized carbons (Fsp3) is 0.536. The smallest absolute Gasteiger partial charge is 0.320 e. The van der Waals surface area contributed by atoms with Gasteiger partial charge in [0.15, 0.2) is 0 Å². The summed E-state index contributed by atoms with van der Waals surface area (Å²) in [5.41, 5.74) is 2.59. The van der Waals surface area contributed by atoms with E-state index >= 15 is 0 Å². The van der Waals surface area contributed by atoms with Gasteiger partial charge in [-0.25, -0.2) is 9.78 Å². The van der Waals surface area contributed by atoms with Crippen molar-refractivity contribution in [3.63, 3.8) is 0 Å². The first kappa shape index (κ1) is 25.5. The maximum atomic E-state index is 13.2. The number of amides is 3. The van der Waals surface area contributed by atoms with E-state index in [-0.39, 0.29) is 18.0 Å². The number of aromatic nitrogens is 1. The van der Waals surface area contributed by atoms with Crippen LogP contribution in [0.5, 0.6) is 5.88 Å². The van der Waals surface area contributed by atoms with Crippen molar-refractivity contribution in [3.05, 3.63) is 48.2 Å². The number of benzene rings is 1. The average molecular weight is 508 g/mol. The van der Waals surface area contributed by atoms with E-state index < -0.39 is 0 Å². The Morgan fingerprint density at radius 1 is 0.946 bits per heavy atom. The van der Waals surface area contributed by atoms with Crippen LogP contribution in [-0.4, -0.2) is 103 Å². The maximum Gasteiger partial charge on any atom is 0.320 e. The van der Waals surface area contributed by atoms with Crippen LogP contribution < -0.4 is 10.1 Å². The Balaban J connectivity index is 1.12. The molecule has 0 saturated carbocycles. The summed E-state index contributed by atoms with van der Waals surface area (Å²) in [7, 11) is 3.43. The number of carbonyl (C=O) groups excluding carboxylic acids is 2. The van der Waals surface area contributed by atoms with Gasteiger partial charge in [0.05, 0.1) is 13.2 Å². The van der Waals surface area contributed by atoms with E-state index in [1.54, 1.807) is 18.2 Å². The van der Waals surface area contributed by atoms with Gasteiger partial charge in [0.1, 0.15) is 0 Å². The lowest BCUT2D eigenvalue weighted by molar-refractivity contribution is 0.0735. The van der Waals surface area contributed by atoms with E-state index in [0.29, 0.717) is 36.6 Å². The molecule has 37 heavy (non-hydrogen) atoms. The molecular formula is C28H37N5O4. The quantitative estimate of drug-likeness (QED) is 0.647. The molecule has 1 N–H and O–H groups in total. The minimum atomic E-state index is -0.0272. The van der Waals surface area contributed by atoms with Crippen LogP contribution in [0.25, 0.3) is 11.1 Å². The molecule has 3 saturated heterocycles. The van der Waals surface area contributed by atoms with Gasteiger partial charge >= 0.3 is 6.03 Å². The lowest BCUT2D eigenvalue weighted by Crippen LogP contribution is -2.46. The molecule has 0 spiro atoms. The Morgan fingerprint density at radius 3 is 2.35 bits per heavy atom. The van der Waals surface area contributed by atoms with Crippen molar-refractivity contribution in [1.29, 1.82) is 0 Å². The van der Waals surface area contributed by atoms with Crippen molar-refractivity contribution < 1.29 is 19.1 Å². The number of pyridine rings is 1. The number of hydrogen-bond donors (Lipinski definition) is 1. The van der Waals surface area contributed by atoms with E-state index in [9.17, 15) is 9.59 Å². The summed E-state index contributed by atoms with van der Waals surface area (Å²) < 4.78 is 10.6. The van der Waals surface area contributed by atoms with E-state index in [2.05, 4.69) is 10.3 Å². The third kappa shape index (κ3) is 5.88. The number of nitrogens with one attached hydrogen (secondary N) is 1. The largest absolute Gasteiger partial charge is 0.481 e. The molecule has 4 heterocycles. The summed E-state index contributed by atoms with van der Waals surface area (Å²) in [6.45, 7) is 4.43. The third-order valence-electron chi connectivity index (χ3n) is 7.86. The van der Waals surface area contributed by atoms with Crippen LogP contribution in [0.4, 0.5) is 4.79 Å². The van der Waals surface area contributed by atoms with E-state index in [0.717, 1.165) is 63.1 Å². The molecule has 2 atom stereocenters. The molecule has 9 heteroatoms. The Morgan fingerprint density at radius 2 is 1.65 bits per heavy atom. The summed E-state index contributed by atoms with van der Waals surface area (Å²) >= 11 is 0.